The third-order valence-corrected chi connectivity index (χ3v) is 2.30. The van der Waals surface area contributed by atoms with Gasteiger partial charge in [0, 0.05) is 35.0 Å². The number of hydrogen-bond acceptors (Lipinski definition) is 3. The van der Waals surface area contributed by atoms with E-state index in [2.05, 4.69) is 20.9 Å². The summed E-state index contributed by atoms with van der Waals surface area (Å²) in [4.78, 5) is 4.31. The highest BCUT2D eigenvalue weighted by Gasteiger charge is 2.04. The molecule has 0 aliphatic heterocycles. The maximum absolute atomic E-state index is 5.50. The third-order valence-electron chi connectivity index (χ3n) is 1.87. The van der Waals surface area contributed by atoms with Crippen molar-refractivity contribution in [1.82, 2.24) is 4.98 Å². The lowest BCUT2D eigenvalue weighted by Crippen LogP contribution is -2.08. The number of aromatic nitrogens is 1. The summed E-state index contributed by atoms with van der Waals surface area (Å²) in [6, 6.07) is 2.04. The minimum atomic E-state index is 0.609. The minimum Gasteiger partial charge on any atom is -0.377 e. The van der Waals surface area contributed by atoms with Crippen LogP contribution < -0.4 is 5.73 Å². The number of pyridine rings is 1. The van der Waals surface area contributed by atoms with Gasteiger partial charge in [-0.2, -0.15) is 0 Å². The van der Waals surface area contributed by atoms with Gasteiger partial charge in [-0.1, -0.05) is 0 Å². The Balaban J connectivity index is 2.79. The third kappa shape index (κ3) is 3.36. The van der Waals surface area contributed by atoms with Crippen LogP contribution in [-0.4, -0.2) is 18.1 Å². The Morgan fingerprint density at radius 2 is 2.36 bits per heavy atom. The Hall–Kier alpha value is -0.450. The smallest absolute Gasteiger partial charge is 0.0734 e. The molecule has 1 aromatic heterocycles. The number of hydrogen-bond donors (Lipinski definition) is 1. The fourth-order valence-corrected chi connectivity index (χ4v) is 1.59. The quantitative estimate of drug-likeness (QED) is 0.878. The zero-order chi connectivity index (χ0) is 10.4. The second-order valence-electron chi connectivity index (χ2n) is 2.94. The summed E-state index contributed by atoms with van der Waals surface area (Å²) in [7, 11) is 0. The molecule has 78 valence electrons. The van der Waals surface area contributed by atoms with E-state index in [0.717, 1.165) is 22.2 Å². The molecule has 0 atom stereocenters. The summed E-state index contributed by atoms with van der Waals surface area (Å²) in [5.74, 6) is 0. The summed E-state index contributed by atoms with van der Waals surface area (Å²) >= 11 is 3.39. The Kier molecular flexibility index (Phi) is 5.07. The summed E-state index contributed by atoms with van der Waals surface area (Å²) < 4.78 is 6.34. The molecule has 14 heavy (non-hydrogen) atoms. The number of nitrogens with zero attached hydrogens (tertiary/aromatic N) is 1. The molecule has 0 aliphatic carbocycles. The lowest BCUT2D eigenvalue weighted by molar-refractivity contribution is 0.133. The number of halogens is 1. The first kappa shape index (κ1) is 11.6. The molecule has 0 spiro atoms. The van der Waals surface area contributed by atoms with Gasteiger partial charge in [0.1, 0.15) is 0 Å². The number of ether oxygens (including phenoxy) is 1. The summed E-state index contributed by atoms with van der Waals surface area (Å²) in [6.45, 7) is 3.93. The standard InChI is InChI=1S/C10H15BrN2O/c1-2-14-7-8-5-9(11)6-13-10(8)3-4-12/h5-6H,2-4,7,12H2,1H3. The van der Waals surface area contributed by atoms with E-state index in [1.165, 1.54) is 0 Å². The van der Waals surface area contributed by atoms with Crippen LogP contribution in [-0.2, 0) is 17.8 Å². The topological polar surface area (TPSA) is 48.1 Å². The zero-order valence-electron chi connectivity index (χ0n) is 8.29. The van der Waals surface area contributed by atoms with Crippen LogP contribution in [0.25, 0.3) is 0 Å². The van der Waals surface area contributed by atoms with Crippen LogP contribution in [0.15, 0.2) is 16.7 Å². The Morgan fingerprint density at radius 3 is 3.00 bits per heavy atom. The Morgan fingerprint density at radius 1 is 1.57 bits per heavy atom. The molecule has 3 nitrogen and oxygen atoms in total. The van der Waals surface area contributed by atoms with Crippen LogP contribution in [0.2, 0.25) is 0 Å². The van der Waals surface area contributed by atoms with Crippen molar-refractivity contribution in [2.75, 3.05) is 13.2 Å². The van der Waals surface area contributed by atoms with Crippen LogP contribution in [0, 0.1) is 0 Å². The average Bonchev–Trinajstić information content (AvgIpc) is 2.18. The van der Waals surface area contributed by atoms with Crippen LogP contribution >= 0.6 is 15.9 Å². The van der Waals surface area contributed by atoms with Crippen molar-refractivity contribution in [2.45, 2.75) is 20.0 Å². The molecule has 1 aromatic rings. The molecule has 0 saturated heterocycles. The molecular weight excluding hydrogens is 244 g/mol. The molecule has 0 amide bonds. The lowest BCUT2D eigenvalue weighted by atomic mass is 10.1. The predicted molar refractivity (Wildman–Crippen MR) is 60.0 cm³/mol. The first-order chi connectivity index (χ1) is 6.77. The van der Waals surface area contributed by atoms with Gasteiger partial charge >= 0.3 is 0 Å². The van der Waals surface area contributed by atoms with E-state index in [4.69, 9.17) is 10.5 Å². The van der Waals surface area contributed by atoms with Gasteiger partial charge in [-0.05, 0) is 35.5 Å². The molecule has 1 rings (SSSR count). The van der Waals surface area contributed by atoms with Gasteiger partial charge in [0.2, 0.25) is 0 Å². The van der Waals surface area contributed by atoms with E-state index >= 15 is 0 Å². The van der Waals surface area contributed by atoms with Crippen molar-refractivity contribution in [1.29, 1.82) is 0 Å². The van der Waals surface area contributed by atoms with Crippen molar-refractivity contribution < 1.29 is 4.74 Å². The van der Waals surface area contributed by atoms with Crippen molar-refractivity contribution in [2.24, 2.45) is 5.73 Å². The van der Waals surface area contributed by atoms with Crippen molar-refractivity contribution in [3.05, 3.63) is 28.0 Å². The van der Waals surface area contributed by atoms with Crippen LogP contribution in [0.3, 0.4) is 0 Å². The minimum absolute atomic E-state index is 0.609. The molecule has 0 aromatic carbocycles. The van der Waals surface area contributed by atoms with E-state index in [-0.39, 0.29) is 0 Å². The molecular formula is C10H15BrN2O. The van der Waals surface area contributed by atoms with Gasteiger partial charge in [-0.25, -0.2) is 0 Å². The number of nitrogens with two attached hydrogens (primary N) is 1. The highest BCUT2D eigenvalue weighted by atomic mass is 79.9. The summed E-state index contributed by atoms with van der Waals surface area (Å²) in [5.41, 5.74) is 7.65. The second kappa shape index (κ2) is 6.11. The van der Waals surface area contributed by atoms with Gasteiger partial charge in [-0.3, -0.25) is 4.98 Å². The molecule has 0 aliphatic rings. The van der Waals surface area contributed by atoms with Gasteiger partial charge in [0.05, 0.1) is 6.61 Å². The highest BCUT2D eigenvalue weighted by molar-refractivity contribution is 9.10. The Labute approximate surface area is 92.8 Å². The summed E-state index contributed by atoms with van der Waals surface area (Å²) in [6.07, 6.45) is 2.59. The van der Waals surface area contributed by atoms with E-state index in [1.54, 1.807) is 6.20 Å². The van der Waals surface area contributed by atoms with Crippen LogP contribution in [0.4, 0.5) is 0 Å². The van der Waals surface area contributed by atoms with Gasteiger partial charge in [-0.15, -0.1) is 0 Å². The molecule has 1 heterocycles. The van der Waals surface area contributed by atoms with E-state index in [1.807, 2.05) is 13.0 Å². The first-order valence-electron chi connectivity index (χ1n) is 4.69. The monoisotopic (exact) mass is 258 g/mol. The average molecular weight is 259 g/mol. The van der Waals surface area contributed by atoms with Crippen LogP contribution in [0.1, 0.15) is 18.2 Å². The van der Waals surface area contributed by atoms with E-state index < -0.39 is 0 Å². The van der Waals surface area contributed by atoms with Gasteiger partial charge in [0.15, 0.2) is 0 Å². The molecule has 4 heteroatoms. The first-order valence-corrected chi connectivity index (χ1v) is 5.48. The zero-order valence-corrected chi connectivity index (χ0v) is 9.88. The van der Waals surface area contributed by atoms with Crippen molar-refractivity contribution in [3.63, 3.8) is 0 Å². The lowest BCUT2D eigenvalue weighted by Gasteiger charge is -2.08. The van der Waals surface area contributed by atoms with Gasteiger partial charge in [0.25, 0.3) is 0 Å². The van der Waals surface area contributed by atoms with E-state index in [9.17, 15) is 0 Å². The SMILES string of the molecule is CCOCc1cc(Br)cnc1CCN. The number of rotatable bonds is 5. The van der Waals surface area contributed by atoms with E-state index in [0.29, 0.717) is 19.8 Å². The molecule has 0 radical (unpaired) electrons. The Bertz CT molecular complexity index is 291. The normalized spacial score (nSPS) is 10.5. The van der Waals surface area contributed by atoms with Crippen molar-refractivity contribution >= 4 is 15.9 Å². The fourth-order valence-electron chi connectivity index (χ4n) is 1.21. The summed E-state index contributed by atoms with van der Waals surface area (Å²) in [5, 5.41) is 0. The van der Waals surface area contributed by atoms with Crippen LogP contribution in [0.5, 0.6) is 0 Å². The molecule has 0 unspecified atom stereocenters. The maximum Gasteiger partial charge on any atom is 0.0734 e. The van der Waals surface area contributed by atoms with Crippen molar-refractivity contribution in [3.8, 4) is 0 Å². The highest BCUT2D eigenvalue weighted by Crippen LogP contribution is 2.15. The predicted octanol–water partition coefficient (Wildman–Crippen LogP) is 1.88. The fraction of sp³-hybridized carbons (Fsp3) is 0.500. The molecule has 2 N–H and O–H groups in total. The largest absolute Gasteiger partial charge is 0.377 e. The van der Waals surface area contributed by atoms with Gasteiger partial charge < -0.3 is 10.5 Å². The molecule has 0 saturated carbocycles. The second-order valence-corrected chi connectivity index (χ2v) is 3.85. The maximum atomic E-state index is 5.50. The molecule has 0 fully saturated rings. The molecule has 0 bridgehead atoms.